The van der Waals surface area contributed by atoms with Gasteiger partial charge in [0.25, 0.3) is 0 Å². The molecule has 2 unspecified atom stereocenters. The van der Waals surface area contributed by atoms with Gasteiger partial charge in [0.1, 0.15) is 12.7 Å². The number of benzene rings is 2. The molecule has 0 spiro atoms. The van der Waals surface area contributed by atoms with Crippen LogP contribution in [0.5, 0.6) is 0 Å². The lowest BCUT2D eigenvalue weighted by Crippen LogP contribution is -2.30. The number of amides is 1. The smallest absolute Gasteiger partial charge is 0.407 e. The van der Waals surface area contributed by atoms with Crippen LogP contribution >= 0.6 is 11.3 Å². The molecule has 1 amide bonds. The minimum atomic E-state index is -0.958. The van der Waals surface area contributed by atoms with Crippen LogP contribution in [0.4, 0.5) is 4.79 Å². The lowest BCUT2D eigenvalue weighted by molar-refractivity contribution is 0.0135. The number of rotatable bonds is 7. The molecule has 0 aliphatic heterocycles. The summed E-state index contributed by atoms with van der Waals surface area (Å²) in [4.78, 5) is 12.2. The Hall–Kier alpha value is -2.67. The van der Waals surface area contributed by atoms with E-state index >= 15 is 0 Å². The van der Waals surface area contributed by atoms with Crippen LogP contribution in [-0.4, -0.2) is 35.6 Å². The number of carbonyl (C=O) groups excluding carboxylic acids is 1. The summed E-state index contributed by atoms with van der Waals surface area (Å²) in [6.07, 6.45) is -2.20. The monoisotopic (exact) mass is 423 g/mol. The van der Waals surface area contributed by atoms with E-state index in [2.05, 4.69) is 29.6 Å². The number of carbonyl (C=O) groups is 1. The molecule has 6 heteroatoms. The average Bonchev–Trinajstić information content (AvgIpc) is 3.33. The van der Waals surface area contributed by atoms with Crippen molar-refractivity contribution in [3.8, 4) is 11.1 Å². The first-order valence-corrected chi connectivity index (χ1v) is 11.0. The predicted molar refractivity (Wildman–Crippen MR) is 118 cm³/mol. The molecule has 0 bridgehead atoms. The largest absolute Gasteiger partial charge is 0.449 e. The molecule has 156 valence electrons. The fraction of sp³-hybridized carbons (Fsp3) is 0.292. The number of hydrogen-bond donors (Lipinski definition) is 3. The third-order valence-electron chi connectivity index (χ3n) is 5.63. The minimum absolute atomic E-state index is 0.0112. The average molecular weight is 424 g/mol. The van der Waals surface area contributed by atoms with Crippen molar-refractivity contribution in [1.82, 2.24) is 5.32 Å². The summed E-state index contributed by atoms with van der Waals surface area (Å²) in [7, 11) is 0. The van der Waals surface area contributed by atoms with Crippen LogP contribution in [0.15, 0.2) is 59.3 Å². The van der Waals surface area contributed by atoms with E-state index in [1.54, 1.807) is 0 Å². The van der Waals surface area contributed by atoms with E-state index in [1.807, 2.05) is 41.9 Å². The molecule has 3 N–H and O–H groups in total. The molecule has 2 aromatic carbocycles. The van der Waals surface area contributed by atoms with Gasteiger partial charge in [0.15, 0.2) is 0 Å². The molecule has 4 rings (SSSR count). The van der Waals surface area contributed by atoms with E-state index in [1.165, 1.54) is 22.5 Å². The van der Waals surface area contributed by atoms with Crippen molar-refractivity contribution in [2.75, 3.05) is 13.2 Å². The lowest BCUT2D eigenvalue weighted by atomic mass is 9.98. The molecule has 1 heterocycles. The predicted octanol–water partition coefficient (Wildman–Crippen LogP) is 4.38. The Morgan fingerprint density at radius 2 is 1.70 bits per heavy atom. The maximum atomic E-state index is 12.2. The Bertz CT molecular complexity index is 986. The second-order valence-corrected chi connectivity index (χ2v) is 8.31. The Labute approximate surface area is 180 Å². The molecule has 5 nitrogen and oxygen atoms in total. The zero-order chi connectivity index (χ0) is 21.1. The van der Waals surface area contributed by atoms with E-state index in [0.717, 1.165) is 22.3 Å². The van der Waals surface area contributed by atoms with Crippen LogP contribution in [-0.2, 0) is 4.74 Å². The van der Waals surface area contributed by atoms with Gasteiger partial charge in [-0.05, 0) is 57.5 Å². The van der Waals surface area contributed by atoms with Gasteiger partial charge in [0.05, 0.1) is 6.10 Å². The summed E-state index contributed by atoms with van der Waals surface area (Å²) >= 11 is 1.49. The molecule has 3 aromatic rings. The van der Waals surface area contributed by atoms with Crippen molar-refractivity contribution in [1.29, 1.82) is 0 Å². The molecular weight excluding hydrogens is 398 g/mol. The van der Waals surface area contributed by atoms with Gasteiger partial charge in [-0.15, -0.1) is 0 Å². The molecule has 1 aliphatic carbocycles. The van der Waals surface area contributed by atoms with Crippen LogP contribution in [0.1, 0.15) is 40.7 Å². The fourth-order valence-electron chi connectivity index (χ4n) is 4.01. The summed E-state index contributed by atoms with van der Waals surface area (Å²) in [5.41, 5.74) is 6.38. The van der Waals surface area contributed by atoms with E-state index in [0.29, 0.717) is 0 Å². The van der Waals surface area contributed by atoms with Crippen molar-refractivity contribution in [2.24, 2.45) is 0 Å². The highest BCUT2D eigenvalue weighted by Crippen LogP contribution is 2.44. The highest BCUT2D eigenvalue weighted by Gasteiger charge is 2.29. The van der Waals surface area contributed by atoms with Gasteiger partial charge in [0.2, 0.25) is 0 Å². The first-order valence-electron chi connectivity index (χ1n) is 10.0. The van der Waals surface area contributed by atoms with Crippen LogP contribution in [0.25, 0.3) is 11.1 Å². The van der Waals surface area contributed by atoms with Crippen molar-refractivity contribution in [3.05, 3.63) is 81.5 Å². The molecular formula is C24H25NO4S. The first-order chi connectivity index (χ1) is 14.6. The number of hydrogen-bond acceptors (Lipinski definition) is 5. The quantitative estimate of drug-likeness (QED) is 0.527. The third-order valence-corrected chi connectivity index (χ3v) is 6.51. The molecule has 0 saturated carbocycles. The number of ether oxygens (including phenoxy) is 1. The third kappa shape index (κ3) is 4.12. The number of aliphatic hydroxyl groups excluding tert-OH is 2. The Kier molecular flexibility index (Phi) is 6.18. The van der Waals surface area contributed by atoms with E-state index in [4.69, 9.17) is 4.74 Å². The number of alkyl carbamates (subject to hydrolysis) is 1. The maximum absolute atomic E-state index is 12.2. The number of aliphatic hydroxyl groups is 2. The zero-order valence-electron chi connectivity index (χ0n) is 16.7. The van der Waals surface area contributed by atoms with Crippen LogP contribution in [0, 0.1) is 6.92 Å². The van der Waals surface area contributed by atoms with Gasteiger partial charge in [-0.25, -0.2) is 4.79 Å². The molecule has 0 saturated heterocycles. The van der Waals surface area contributed by atoms with Crippen LogP contribution in [0.3, 0.4) is 0 Å². The number of aryl methyl sites for hydroxylation is 1. The summed E-state index contributed by atoms with van der Waals surface area (Å²) in [6.45, 7) is 2.37. The lowest BCUT2D eigenvalue weighted by Gasteiger charge is -2.18. The second kappa shape index (κ2) is 9.00. The van der Waals surface area contributed by atoms with Crippen LogP contribution in [0.2, 0.25) is 0 Å². The number of nitrogens with one attached hydrogen (secondary N) is 1. The molecule has 1 aliphatic rings. The van der Waals surface area contributed by atoms with Crippen molar-refractivity contribution >= 4 is 17.4 Å². The van der Waals surface area contributed by atoms with Gasteiger partial charge >= 0.3 is 6.09 Å². The number of thiophene rings is 1. The normalized spacial score (nSPS) is 14.6. The van der Waals surface area contributed by atoms with Gasteiger partial charge in [-0.3, -0.25) is 0 Å². The first kappa shape index (κ1) is 20.6. The topological polar surface area (TPSA) is 78.8 Å². The molecule has 30 heavy (non-hydrogen) atoms. The minimum Gasteiger partial charge on any atom is -0.449 e. The highest BCUT2D eigenvalue weighted by atomic mass is 32.1. The summed E-state index contributed by atoms with van der Waals surface area (Å²) < 4.78 is 5.48. The Balaban J connectivity index is 1.29. The van der Waals surface area contributed by atoms with E-state index in [-0.39, 0.29) is 25.5 Å². The SMILES string of the molecule is Cc1cscc1C(O)C(O)CCNC(=O)OCC1c2ccccc2-c2ccccc21. The Morgan fingerprint density at radius 1 is 1.07 bits per heavy atom. The van der Waals surface area contributed by atoms with E-state index < -0.39 is 18.3 Å². The highest BCUT2D eigenvalue weighted by molar-refractivity contribution is 7.08. The maximum Gasteiger partial charge on any atom is 0.407 e. The Morgan fingerprint density at radius 3 is 2.30 bits per heavy atom. The van der Waals surface area contributed by atoms with Gasteiger partial charge in [0, 0.05) is 12.5 Å². The van der Waals surface area contributed by atoms with Gasteiger partial charge in [-0.2, -0.15) is 11.3 Å². The molecule has 1 aromatic heterocycles. The van der Waals surface area contributed by atoms with Crippen molar-refractivity contribution < 1.29 is 19.7 Å². The standard InChI is InChI=1S/C24H25NO4S/c1-15-13-30-14-21(15)23(27)22(26)10-11-25-24(28)29-12-20-18-8-4-2-6-16(18)17-7-3-5-9-19(17)20/h2-9,13-14,20,22-23,26-27H,10-12H2,1H3,(H,25,28). The summed E-state index contributed by atoms with van der Waals surface area (Å²) in [5.74, 6) is 0.0112. The second-order valence-electron chi connectivity index (χ2n) is 7.56. The zero-order valence-corrected chi connectivity index (χ0v) is 17.6. The van der Waals surface area contributed by atoms with Crippen molar-refractivity contribution in [2.45, 2.75) is 31.5 Å². The van der Waals surface area contributed by atoms with Gasteiger partial charge in [-0.1, -0.05) is 48.5 Å². The summed E-state index contributed by atoms with van der Waals surface area (Å²) in [5, 5.41) is 26.9. The number of fused-ring (bicyclic) bond motifs is 3. The van der Waals surface area contributed by atoms with Crippen molar-refractivity contribution in [3.63, 3.8) is 0 Å². The molecule has 0 fully saturated rings. The van der Waals surface area contributed by atoms with Crippen LogP contribution < -0.4 is 5.32 Å². The summed E-state index contributed by atoms with van der Waals surface area (Å²) in [6, 6.07) is 16.4. The van der Waals surface area contributed by atoms with E-state index in [9.17, 15) is 15.0 Å². The fourth-order valence-corrected chi connectivity index (χ4v) is 4.89. The molecule has 0 radical (unpaired) electrons. The van der Waals surface area contributed by atoms with Gasteiger partial charge < -0.3 is 20.3 Å². The molecule has 2 atom stereocenters.